The van der Waals surface area contributed by atoms with Crippen LogP contribution in [0.2, 0.25) is 0 Å². The quantitative estimate of drug-likeness (QED) is 0.162. The number of benzene rings is 9. The molecule has 0 spiro atoms. The van der Waals surface area contributed by atoms with E-state index >= 15 is 0 Å². The van der Waals surface area contributed by atoms with Crippen molar-refractivity contribution in [2.75, 3.05) is 4.90 Å². The summed E-state index contributed by atoms with van der Waals surface area (Å²) in [5.74, 6) is 0. The minimum absolute atomic E-state index is 0.900. The molecule has 0 saturated heterocycles. The number of rotatable bonds is 7. The average molecular weight is 758 g/mol. The Balaban J connectivity index is 1.01. The van der Waals surface area contributed by atoms with Gasteiger partial charge in [0.1, 0.15) is 22.3 Å². The van der Waals surface area contributed by atoms with Crippen molar-refractivity contribution in [3.63, 3.8) is 0 Å². The van der Waals surface area contributed by atoms with Gasteiger partial charge in [-0.25, -0.2) is 0 Å². The van der Waals surface area contributed by atoms with E-state index in [4.69, 9.17) is 8.83 Å². The lowest BCUT2D eigenvalue weighted by atomic mass is 9.96. The molecule has 0 aliphatic carbocycles. The highest BCUT2D eigenvalue weighted by Crippen LogP contribution is 2.42. The van der Waals surface area contributed by atoms with Crippen LogP contribution < -0.4 is 4.90 Å². The molecule has 0 radical (unpaired) electrons. The van der Waals surface area contributed by atoms with E-state index in [0.717, 1.165) is 88.8 Å². The van der Waals surface area contributed by atoms with E-state index in [2.05, 4.69) is 195 Å². The third kappa shape index (κ3) is 6.16. The first-order valence-electron chi connectivity index (χ1n) is 20.1. The van der Waals surface area contributed by atoms with Gasteiger partial charge in [0.25, 0.3) is 0 Å². The molecule has 59 heavy (non-hydrogen) atoms. The minimum Gasteiger partial charge on any atom is -0.455 e. The second kappa shape index (κ2) is 14.1. The molecule has 0 atom stereocenters. The maximum Gasteiger partial charge on any atom is 0.143 e. The summed E-state index contributed by atoms with van der Waals surface area (Å²) in [6, 6.07) is 71.5. The van der Waals surface area contributed by atoms with Gasteiger partial charge in [-0.2, -0.15) is 0 Å². The number of furan rings is 2. The van der Waals surface area contributed by atoms with Crippen LogP contribution in [-0.4, -0.2) is 0 Å². The molecule has 0 fully saturated rings. The predicted octanol–water partition coefficient (Wildman–Crippen LogP) is 16.2. The summed E-state index contributed by atoms with van der Waals surface area (Å²) >= 11 is 0. The Morgan fingerprint density at radius 2 is 0.746 bits per heavy atom. The zero-order valence-corrected chi connectivity index (χ0v) is 32.8. The molecule has 9 aromatic carbocycles. The maximum atomic E-state index is 6.43. The van der Waals surface area contributed by atoms with E-state index in [0.29, 0.717) is 0 Å². The zero-order chi connectivity index (χ0) is 39.5. The third-order valence-electron chi connectivity index (χ3n) is 11.5. The lowest BCUT2D eigenvalue weighted by Gasteiger charge is -2.26. The van der Waals surface area contributed by atoms with Crippen LogP contribution in [0.4, 0.5) is 17.1 Å². The lowest BCUT2D eigenvalue weighted by molar-refractivity contribution is 0.669. The van der Waals surface area contributed by atoms with Crippen molar-refractivity contribution in [2.45, 2.75) is 13.8 Å². The smallest absolute Gasteiger partial charge is 0.143 e. The molecule has 0 aliphatic rings. The fourth-order valence-electron chi connectivity index (χ4n) is 8.82. The first-order valence-corrected chi connectivity index (χ1v) is 20.1. The molecule has 3 heteroatoms. The number of hydrogen-bond donors (Lipinski definition) is 0. The second-order valence-electron chi connectivity index (χ2n) is 15.5. The monoisotopic (exact) mass is 757 g/mol. The van der Waals surface area contributed by atoms with E-state index in [1.807, 2.05) is 24.3 Å². The SMILES string of the molecule is Cc1cc(C)cc(-c2cccc(-c3cccc(N(c4ccc(-c5cccc6c5oc5ccccc56)cc4)c4ccc(-c5cccc6c5oc5ccccc56)cc4)c3)c2)c1. The Labute approximate surface area is 343 Å². The van der Waals surface area contributed by atoms with Crippen LogP contribution >= 0.6 is 0 Å². The van der Waals surface area contributed by atoms with Crippen LogP contribution in [0.5, 0.6) is 0 Å². The van der Waals surface area contributed by atoms with Crippen molar-refractivity contribution in [3.8, 4) is 44.5 Å². The van der Waals surface area contributed by atoms with E-state index in [9.17, 15) is 0 Å². The first kappa shape index (κ1) is 34.6. The molecule has 11 rings (SSSR count). The molecule has 0 aliphatic heterocycles. The topological polar surface area (TPSA) is 29.5 Å². The van der Waals surface area contributed by atoms with Gasteiger partial charge in [0.15, 0.2) is 0 Å². The molecule has 0 unspecified atom stereocenters. The Hall–Kier alpha value is -7.62. The summed E-state index contributed by atoms with van der Waals surface area (Å²) in [4.78, 5) is 2.34. The fraction of sp³-hybridized carbons (Fsp3) is 0.0357. The zero-order valence-electron chi connectivity index (χ0n) is 32.8. The molecule has 0 bridgehead atoms. The summed E-state index contributed by atoms with van der Waals surface area (Å²) in [5.41, 5.74) is 18.5. The molecule has 0 saturated carbocycles. The van der Waals surface area contributed by atoms with Crippen molar-refractivity contribution in [2.24, 2.45) is 0 Å². The lowest BCUT2D eigenvalue weighted by Crippen LogP contribution is -2.10. The molecule has 280 valence electrons. The van der Waals surface area contributed by atoms with Gasteiger partial charge < -0.3 is 13.7 Å². The van der Waals surface area contributed by atoms with Crippen LogP contribution in [0.25, 0.3) is 88.4 Å². The van der Waals surface area contributed by atoms with Gasteiger partial charge in [-0.1, -0.05) is 157 Å². The highest BCUT2D eigenvalue weighted by atomic mass is 16.3. The highest BCUT2D eigenvalue weighted by Gasteiger charge is 2.18. The van der Waals surface area contributed by atoms with Crippen molar-refractivity contribution >= 4 is 60.9 Å². The molecule has 2 heterocycles. The van der Waals surface area contributed by atoms with Crippen molar-refractivity contribution < 1.29 is 8.83 Å². The van der Waals surface area contributed by atoms with Gasteiger partial charge in [0.2, 0.25) is 0 Å². The first-order chi connectivity index (χ1) is 29.0. The van der Waals surface area contributed by atoms with Gasteiger partial charge in [0, 0.05) is 49.7 Å². The number of para-hydroxylation sites is 4. The Bertz CT molecular complexity index is 3170. The van der Waals surface area contributed by atoms with Crippen LogP contribution in [-0.2, 0) is 0 Å². The van der Waals surface area contributed by atoms with Crippen molar-refractivity contribution in [1.82, 2.24) is 0 Å². The molecular weight excluding hydrogens is 719 g/mol. The van der Waals surface area contributed by atoms with Crippen molar-refractivity contribution in [3.05, 3.63) is 211 Å². The standard InChI is InChI=1S/C56H39NO2/c1-36-31-37(2)33-43(32-36)41-12-7-11-40(34-41)42-13-8-14-46(35-42)57(44-27-23-38(24-28-44)47-17-9-19-51-49-15-3-5-21-53(49)58-55(47)51)45-29-25-39(26-30-45)48-18-10-20-52-50-16-4-6-22-54(50)59-56(48)52/h3-35H,1-2H3. The van der Waals surface area contributed by atoms with E-state index in [-0.39, 0.29) is 0 Å². The predicted molar refractivity (Wildman–Crippen MR) is 247 cm³/mol. The summed E-state index contributed by atoms with van der Waals surface area (Å²) in [6.45, 7) is 4.33. The number of fused-ring (bicyclic) bond motifs is 6. The van der Waals surface area contributed by atoms with Gasteiger partial charge in [0.05, 0.1) is 0 Å². The fourth-order valence-corrected chi connectivity index (χ4v) is 8.82. The van der Waals surface area contributed by atoms with Crippen LogP contribution in [0, 0.1) is 13.8 Å². The van der Waals surface area contributed by atoms with Gasteiger partial charge >= 0.3 is 0 Å². The molecule has 0 amide bonds. The number of nitrogens with zero attached hydrogens (tertiary/aromatic N) is 1. The Kier molecular flexibility index (Phi) is 8.27. The summed E-state index contributed by atoms with van der Waals surface area (Å²) in [5, 5.41) is 4.51. The van der Waals surface area contributed by atoms with Gasteiger partial charge in [-0.15, -0.1) is 0 Å². The van der Waals surface area contributed by atoms with E-state index in [1.54, 1.807) is 0 Å². The van der Waals surface area contributed by atoms with Crippen LogP contribution in [0.3, 0.4) is 0 Å². The molecule has 3 nitrogen and oxygen atoms in total. The summed E-state index contributed by atoms with van der Waals surface area (Å²) < 4.78 is 12.9. The van der Waals surface area contributed by atoms with Gasteiger partial charge in [-0.3, -0.25) is 0 Å². The Morgan fingerprint density at radius 1 is 0.305 bits per heavy atom. The van der Waals surface area contributed by atoms with Crippen molar-refractivity contribution in [1.29, 1.82) is 0 Å². The molecular formula is C56H39NO2. The summed E-state index contributed by atoms with van der Waals surface area (Å²) in [6.07, 6.45) is 0. The van der Waals surface area contributed by atoms with Gasteiger partial charge in [-0.05, 0) is 102 Å². The number of hydrogen-bond acceptors (Lipinski definition) is 3. The molecule has 2 aromatic heterocycles. The van der Waals surface area contributed by atoms with Crippen LogP contribution in [0.15, 0.2) is 209 Å². The largest absolute Gasteiger partial charge is 0.455 e. The number of aryl methyl sites for hydroxylation is 2. The molecule has 0 N–H and O–H groups in total. The average Bonchev–Trinajstić information content (AvgIpc) is 3.86. The third-order valence-corrected chi connectivity index (χ3v) is 11.5. The highest BCUT2D eigenvalue weighted by molar-refractivity contribution is 6.10. The second-order valence-corrected chi connectivity index (χ2v) is 15.5. The van der Waals surface area contributed by atoms with Crippen LogP contribution in [0.1, 0.15) is 11.1 Å². The van der Waals surface area contributed by atoms with E-state index < -0.39 is 0 Å². The summed E-state index contributed by atoms with van der Waals surface area (Å²) in [7, 11) is 0. The minimum atomic E-state index is 0.900. The Morgan fingerprint density at radius 3 is 1.29 bits per heavy atom. The number of anilines is 3. The molecule has 11 aromatic rings. The van der Waals surface area contributed by atoms with E-state index in [1.165, 1.54) is 27.8 Å². The normalized spacial score (nSPS) is 11.6. The maximum absolute atomic E-state index is 6.43.